The predicted molar refractivity (Wildman–Crippen MR) is 144 cm³/mol. The standard InChI is InChI=1S/C21H45N5O6SSi2/c1-7-27-34(28-8-2,29-9-3)17-13-15-22-19-24-20(26-21(33)25-19)23-16-14-18-35(30-10-4,31-11-5)32-12-6/h7-18H2,1-6H3,(H3,22,23,24,25,26,33). The lowest BCUT2D eigenvalue weighted by Crippen LogP contribution is -2.46. The molecule has 0 spiro atoms. The highest BCUT2D eigenvalue weighted by Gasteiger charge is 2.40. The molecule has 1 heterocycles. The van der Waals surface area contributed by atoms with Crippen LogP contribution in [-0.2, 0) is 26.6 Å². The Bertz CT molecular complexity index is 659. The Morgan fingerprint density at radius 2 is 0.943 bits per heavy atom. The van der Waals surface area contributed by atoms with Crippen molar-refractivity contribution in [3.8, 4) is 0 Å². The van der Waals surface area contributed by atoms with Crippen molar-refractivity contribution < 1.29 is 26.6 Å². The van der Waals surface area contributed by atoms with Crippen molar-refractivity contribution in [2.24, 2.45) is 0 Å². The molecular weight excluding hydrogens is 506 g/mol. The molecule has 204 valence electrons. The number of hydrogen-bond acceptors (Lipinski definition) is 11. The molecule has 0 aliphatic heterocycles. The zero-order chi connectivity index (χ0) is 26.0. The number of anilines is 2. The minimum atomic E-state index is -2.65. The third-order valence-electron chi connectivity index (χ3n) is 4.74. The molecule has 0 bridgehead atoms. The summed E-state index contributed by atoms with van der Waals surface area (Å²) >= 11 is 5.24. The van der Waals surface area contributed by atoms with Crippen LogP contribution in [0.4, 0.5) is 11.9 Å². The Balaban J connectivity index is 2.61. The van der Waals surface area contributed by atoms with Crippen LogP contribution < -0.4 is 10.6 Å². The summed E-state index contributed by atoms with van der Waals surface area (Å²) in [5, 5.41) is 6.56. The topological polar surface area (TPSA) is 121 Å². The van der Waals surface area contributed by atoms with E-state index in [0.717, 1.165) is 24.9 Å². The summed E-state index contributed by atoms with van der Waals surface area (Å²) in [5.74, 6) is 1.12. The minimum absolute atomic E-state index is 0.261. The highest BCUT2D eigenvalue weighted by molar-refractivity contribution is 7.71. The molecule has 0 unspecified atom stereocenters. The molecule has 0 aliphatic rings. The molecule has 1 rings (SSSR count). The zero-order valence-electron chi connectivity index (χ0n) is 22.2. The van der Waals surface area contributed by atoms with Gasteiger partial charge in [0.05, 0.1) is 0 Å². The van der Waals surface area contributed by atoms with E-state index in [0.29, 0.717) is 64.6 Å². The van der Waals surface area contributed by atoms with Crippen LogP contribution in [0.3, 0.4) is 0 Å². The number of rotatable bonds is 22. The van der Waals surface area contributed by atoms with Crippen LogP contribution in [0.15, 0.2) is 0 Å². The number of H-pyrrole nitrogens is 1. The van der Waals surface area contributed by atoms with Gasteiger partial charge in [0, 0.05) is 64.8 Å². The Labute approximate surface area is 217 Å². The van der Waals surface area contributed by atoms with Crippen LogP contribution in [0.5, 0.6) is 0 Å². The summed E-state index contributed by atoms with van der Waals surface area (Å²) in [6.07, 6.45) is 1.61. The molecule has 0 amide bonds. The molecule has 11 nitrogen and oxygen atoms in total. The number of aromatic amines is 1. The third-order valence-corrected chi connectivity index (χ3v) is 11.2. The van der Waals surface area contributed by atoms with E-state index in [1.54, 1.807) is 0 Å². The first-order chi connectivity index (χ1) is 16.9. The zero-order valence-corrected chi connectivity index (χ0v) is 25.1. The summed E-state index contributed by atoms with van der Waals surface area (Å²) in [5.41, 5.74) is 0. The van der Waals surface area contributed by atoms with Gasteiger partial charge in [0.1, 0.15) is 0 Å². The number of hydrogen-bond donors (Lipinski definition) is 3. The fourth-order valence-corrected chi connectivity index (χ4v) is 8.98. The fraction of sp³-hybridized carbons (Fsp3) is 0.857. The van der Waals surface area contributed by atoms with Gasteiger partial charge in [-0.3, -0.25) is 4.98 Å². The molecule has 3 N–H and O–H groups in total. The van der Waals surface area contributed by atoms with E-state index in [4.69, 9.17) is 38.8 Å². The smallest absolute Gasteiger partial charge is 0.374 e. The summed E-state index contributed by atoms with van der Waals surface area (Å²) in [7, 11) is -5.31. The first kappa shape index (κ1) is 32.1. The van der Waals surface area contributed by atoms with Gasteiger partial charge < -0.3 is 37.2 Å². The lowest BCUT2D eigenvalue weighted by Gasteiger charge is -2.28. The second-order valence-electron chi connectivity index (χ2n) is 7.35. The van der Waals surface area contributed by atoms with Crippen LogP contribution >= 0.6 is 12.2 Å². The maximum Gasteiger partial charge on any atom is 0.500 e. The van der Waals surface area contributed by atoms with Gasteiger partial charge in [-0.1, -0.05) is 0 Å². The van der Waals surface area contributed by atoms with Crippen molar-refractivity contribution in [1.29, 1.82) is 0 Å². The SMILES string of the molecule is CCO[Si](CCCNc1nc(=S)nc(NCCC[Si](OCC)(OCC)OCC)[nH]1)(OCC)OCC. The Morgan fingerprint density at radius 1 is 0.629 bits per heavy atom. The lowest BCUT2D eigenvalue weighted by molar-refractivity contribution is 0.0702. The van der Waals surface area contributed by atoms with Crippen molar-refractivity contribution in [2.45, 2.75) is 66.5 Å². The third kappa shape index (κ3) is 12.2. The molecule has 0 saturated heterocycles. The van der Waals surface area contributed by atoms with E-state index in [2.05, 4.69) is 25.6 Å². The lowest BCUT2D eigenvalue weighted by atomic mass is 10.5. The first-order valence-electron chi connectivity index (χ1n) is 12.7. The van der Waals surface area contributed by atoms with E-state index >= 15 is 0 Å². The Morgan fingerprint density at radius 3 is 1.23 bits per heavy atom. The molecule has 0 saturated carbocycles. The molecule has 1 aromatic rings. The van der Waals surface area contributed by atoms with Crippen LogP contribution in [-0.4, -0.2) is 85.3 Å². The van der Waals surface area contributed by atoms with Crippen molar-refractivity contribution >= 4 is 41.7 Å². The molecule has 14 heteroatoms. The molecule has 0 aromatic carbocycles. The second kappa shape index (κ2) is 18.3. The highest BCUT2D eigenvalue weighted by Crippen LogP contribution is 2.19. The van der Waals surface area contributed by atoms with Crippen LogP contribution in [0, 0.1) is 4.77 Å². The van der Waals surface area contributed by atoms with E-state index < -0.39 is 17.6 Å². The maximum absolute atomic E-state index is 5.91. The van der Waals surface area contributed by atoms with Crippen molar-refractivity contribution in [2.75, 3.05) is 63.4 Å². The maximum atomic E-state index is 5.91. The molecular formula is C21H45N5O6SSi2. The summed E-state index contributed by atoms with van der Waals surface area (Å²) in [4.78, 5) is 11.7. The summed E-state index contributed by atoms with van der Waals surface area (Å²) in [6, 6.07) is 1.44. The normalized spacial score (nSPS) is 12.2. The Hall–Kier alpha value is -0.976. The van der Waals surface area contributed by atoms with Gasteiger partial charge >= 0.3 is 17.6 Å². The van der Waals surface area contributed by atoms with Gasteiger partial charge in [0.15, 0.2) is 0 Å². The first-order valence-corrected chi connectivity index (χ1v) is 17.0. The van der Waals surface area contributed by atoms with Crippen molar-refractivity contribution in [3.05, 3.63) is 4.77 Å². The van der Waals surface area contributed by atoms with E-state index in [1.807, 2.05) is 41.5 Å². The second-order valence-corrected chi connectivity index (χ2v) is 13.2. The fourth-order valence-electron chi connectivity index (χ4n) is 3.58. The largest absolute Gasteiger partial charge is 0.500 e. The number of nitrogens with one attached hydrogen (secondary N) is 3. The van der Waals surface area contributed by atoms with E-state index in [1.165, 1.54) is 0 Å². The average molecular weight is 552 g/mol. The summed E-state index contributed by atoms with van der Waals surface area (Å²) in [6.45, 7) is 16.5. The van der Waals surface area contributed by atoms with Gasteiger partial charge in [-0.15, -0.1) is 0 Å². The van der Waals surface area contributed by atoms with Crippen LogP contribution in [0.2, 0.25) is 12.1 Å². The van der Waals surface area contributed by atoms with Crippen molar-refractivity contribution in [3.63, 3.8) is 0 Å². The molecule has 0 aliphatic carbocycles. The van der Waals surface area contributed by atoms with Gasteiger partial charge in [0.25, 0.3) is 0 Å². The van der Waals surface area contributed by atoms with E-state index in [9.17, 15) is 0 Å². The molecule has 1 aromatic heterocycles. The van der Waals surface area contributed by atoms with Gasteiger partial charge in [-0.05, 0) is 66.6 Å². The van der Waals surface area contributed by atoms with Gasteiger partial charge in [-0.2, -0.15) is 9.97 Å². The summed E-state index contributed by atoms with van der Waals surface area (Å²) < 4.78 is 35.7. The molecule has 0 atom stereocenters. The monoisotopic (exact) mass is 551 g/mol. The molecule has 35 heavy (non-hydrogen) atoms. The highest BCUT2D eigenvalue weighted by atomic mass is 32.1. The molecule has 0 radical (unpaired) electrons. The quantitative estimate of drug-likeness (QED) is 0.109. The van der Waals surface area contributed by atoms with Crippen molar-refractivity contribution in [1.82, 2.24) is 15.0 Å². The molecule has 0 fully saturated rings. The van der Waals surface area contributed by atoms with Gasteiger partial charge in [-0.25, -0.2) is 0 Å². The van der Waals surface area contributed by atoms with Crippen LogP contribution in [0.25, 0.3) is 0 Å². The number of nitrogens with zero attached hydrogens (tertiary/aromatic N) is 2. The van der Waals surface area contributed by atoms with Crippen LogP contribution in [0.1, 0.15) is 54.4 Å². The Kier molecular flexibility index (Phi) is 16.8. The van der Waals surface area contributed by atoms with Gasteiger partial charge in [0.2, 0.25) is 16.7 Å². The average Bonchev–Trinajstić information content (AvgIpc) is 2.80. The van der Waals surface area contributed by atoms with E-state index in [-0.39, 0.29) is 4.77 Å². The predicted octanol–water partition coefficient (Wildman–Crippen LogP) is 4.23. The number of aromatic nitrogens is 3. The minimum Gasteiger partial charge on any atom is -0.374 e.